The highest BCUT2D eigenvalue weighted by molar-refractivity contribution is 5.71. The van der Waals surface area contributed by atoms with E-state index in [0.29, 0.717) is 12.2 Å². The SMILES string of the molecule is COC(=O)CCc1ccccc1OCC(=O)OC. The molecule has 0 N–H and O–H groups in total. The fraction of sp³-hybridized carbons (Fsp3) is 0.385. The van der Waals surface area contributed by atoms with Gasteiger partial charge in [-0.25, -0.2) is 4.79 Å². The molecule has 1 aromatic carbocycles. The minimum Gasteiger partial charge on any atom is -0.482 e. The van der Waals surface area contributed by atoms with Gasteiger partial charge in [0.2, 0.25) is 0 Å². The molecule has 0 aliphatic rings. The molecule has 0 aromatic heterocycles. The largest absolute Gasteiger partial charge is 0.482 e. The second kappa shape index (κ2) is 7.32. The van der Waals surface area contributed by atoms with Gasteiger partial charge in [-0.1, -0.05) is 18.2 Å². The summed E-state index contributed by atoms with van der Waals surface area (Å²) in [5.41, 5.74) is 0.854. The van der Waals surface area contributed by atoms with Gasteiger partial charge in [0.15, 0.2) is 6.61 Å². The van der Waals surface area contributed by atoms with Crippen LogP contribution in [0.4, 0.5) is 0 Å². The lowest BCUT2D eigenvalue weighted by molar-refractivity contribution is -0.143. The van der Waals surface area contributed by atoms with Crippen LogP contribution >= 0.6 is 0 Å². The Bertz CT molecular complexity index is 375. The summed E-state index contributed by atoms with van der Waals surface area (Å²) in [7, 11) is 2.65. The van der Waals surface area contributed by atoms with Crippen LogP contribution in [0.3, 0.4) is 0 Å². The normalized spacial score (nSPS) is 9.67. The molecule has 0 heterocycles. The smallest absolute Gasteiger partial charge is 0.343 e. The standard InChI is InChI=1S/C13H16O5/c1-16-12(14)8-7-10-5-3-4-6-11(10)18-9-13(15)17-2/h3-6H,7-9H2,1-2H3. The Morgan fingerprint density at radius 3 is 2.39 bits per heavy atom. The number of hydrogen-bond acceptors (Lipinski definition) is 5. The zero-order chi connectivity index (χ0) is 13.4. The van der Waals surface area contributed by atoms with E-state index < -0.39 is 5.97 Å². The van der Waals surface area contributed by atoms with Gasteiger partial charge in [-0.15, -0.1) is 0 Å². The van der Waals surface area contributed by atoms with Crippen molar-refractivity contribution in [3.05, 3.63) is 29.8 Å². The van der Waals surface area contributed by atoms with E-state index in [-0.39, 0.29) is 19.0 Å². The molecule has 0 amide bonds. The molecule has 0 fully saturated rings. The summed E-state index contributed by atoms with van der Waals surface area (Å²) in [6, 6.07) is 7.23. The van der Waals surface area contributed by atoms with Crippen molar-refractivity contribution in [2.75, 3.05) is 20.8 Å². The van der Waals surface area contributed by atoms with Crippen LogP contribution < -0.4 is 4.74 Å². The quantitative estimate of drug-likeness (QED) is 0.715. The molecule has 5 heteroatoms. The summed E-state index contributed by atoms with van der Waals surface area (Å²) in [5.74, 6) is -0.151. The Balaban J connectivity index is 2.61. The van der Waals surface area contributed by atoms with Crippen molar-refractivity contribution in [3.63, 3.8) is 0 Å². The number of esters is 2. The lowest BCUT2D eigenvalue weighted by Crippen LogP contribution is -2.13. The molecule has 0 radical (unpaired) electrons. The van der Waals surface area contributed by atoms with E-state index in [4.69, 9.17) is 4.74 Å². The summed E-state index contributed by atoms with van der Waals surface area (Å²) >= 11 is 0. The van der Waals surface area contributed by atoms with Crippen molar-refractivity contribution in [2.24, 2.45) is 0 Å². The second-order valence-corrected chi connectivity index (χ2v) is 3.55. The van der Waals surface area contributed by atoms with Crippen LogP contribution in [-0.4, -0.2) is 32.8 Å². The third-order valence-corrected chi connectivity index (χ3v) is 2.37. The highest BCUT2D eigenvalue weighted by Crippen LogP contribution is 2.19. The van der Waals surface area contributed by atoms with Crippen molar-refractivity contribution in [2.45, 2.75) is 12.8 Å². The lowest BCUT2D eigenvalue weighted by Gasteiger charge is -2.09. The Hall–Kier alpha value is -2.04. The minimum absolute atomic E-state index is 0.147. The van der Waals surface area contributed by atoms with E-state index in [1.165, 1.54) is 14.2 Å². The average molecular weight is 252 g/mol. The van der Waals surface area contributed by atoms with Gasteiger partial charge < -0.3 is 14.2 Å². The van der Waals surface area contributed by atoms with E-state index >= 15 is 0 Å². The van der Waals surface area contributed by atoms with E-state index in [1.54, 1.807) is 12.1 Å². The van der Waals surface area contributed by atoms with Gasteiger partial charge in [0.25, 0.3) is 0 Å². The van der Waals surface area contributed by atoms with Gasteiger partial charge in [-0.05, 0) is 18.1 Å². The number of carbonyl (C=O) groups is 2. The van der Waals surface area contributed by atoms with Gasteiger partial charge in [0.05, 0.1) is 14.2 Å². The molecule has 0 atom stereocenters. The fourth-order valence-corrected chi connectivity index (χ4v) is 1.39. The van der Waals surface area contributed by atoms with Crippen LogP contribution in [0.5, 0.6) is 5.75 Å². The summed E-state index contributed by atoms with van der Waals surface area (Å²) < 4.78 is 14.4. The van der Waals surface area contributed by atoms with Gasteiger partial charge in [-0.3, -0.25) is 4.79 Å². The topological polar surface area (TPSA) is 61.8 Å². The van der Waals surface area contributed by atoms with Crippen LogP contribution in [0.2, 0.25) is 0 Å². The summed E-state index contributed by atoms with van der Waals surface area (Å²) in [4.78, 5) is 22.1. The van der Waals surface area contributed by atoms with Gasteiger partial charge in [0, 0.05) is 6.42 Å². The van der Waals surface area contributed by atoms with E-state index in [1.807, 2.05) is 12.1 Å². The summed E-state index contributed by atoms with van der Waals surface area (Å²) in [6.07, 6.45) is 0.777. The second-order valence-electron chi connectivity index (χ2n) is 3.55. The lowest BCUT2D eigenvalue weighted by atomic mass is 10.1. The Labute approximate surface area is 106 Å². The predicted molar refractivity (Wildman–Crippen MR) is 64.3 cm³/mol. The maximum absolute atomic E-state index is 11.1. The molecule has 1 rings (SSSR count). The zero-order valence-corrected chi connectivity index (χ0v) is 10.5. The van der Waals surface area contributed by atoms with Crippen LogP contribution in [0, 0.1) is 0 Å². The molecule has 0 bridgehead atoms. The van der Waals surface area contributed by atoms with Crippen LogP contribution in [0.15, 0.2) is 24.3 Å². The molecular formula is C13H16O5. The van der Waals surface area contributed by atoms with Gasteiger partial charge >= 0.3 is 11.9 Å². The fourth-order valence-electron chi connectivity index (χ4n) is 1.39. The molecule has 0 saturated heterocycles. The van der Waals surface area contributed by atoms with Gasteiger partial charge in [0.1, 0.15) is 5.75 Å². The number of rotatable bonds is 6. The average Bonchev–Trinajstić information content (AvgIpc) is 2.42. The van der Waals surface area contributed by atoms with Crippen molar-refractivity contribution in [1.29, 1.82) is 0 Å². The molecule has 0 unspecified atom stereocenters. The van der Waals surface area contributed by atoms with E-state index in [9.17, 15) is 9.59 Å². The third-order valence-electron chi connectivity index (χ3n) is 2.37. The molecule has 0 aliphatic carbocycles. The van der Waals surface area contributed by atoms with Crippen LogP contribution in [0.25, 0.3) is 0 Å². The molecule has 98 valence electrons. The zero-order valence-electron chi connectivity index (χ0n) is 10.5. The van der Waals surface area contributed by atoms with Crippen molar-refractivity contribution in [1.82, 2.24) is 0 Å². The number of benzene rings is 1. The number of carbonyl (C=O) groups excluding carboxylic acids is 2. The predicted octanol–water partition coefficient (Wildman–Crippen LogP) is 1.34. The number of aryl methyl sites for hydroxylation is 1. The Morgan fingerprint density at radius 2 is 1.72 bits per heavy atom. The van der Waals surface area contributed by atoms with Crippen molar-refractivity contribution in [3.8, 4) is 5.75 Å². The monoisotopic (exact) mass is 252 g/mol. The minimum atomic E-state index is -0.447. The molecule has 0 saturated carbocycles. The van der Waals surface area contributed by atoms with E-state index in [2.05, 4.69) is 9.47 Å². The summed E-state index contributed by atoms with van der Waals surface area (Å²) in [5, 5.41) is 0. The number of para-hydroxylation sites is 1. The highest BCUT2D eigenvalue weighted by atomic mass is 16.6. The third kappa shape index (κ3) is 4.45. The molecular weight excluding hydrogens is 236 g/mol. The maximum Gasteiger partial charge on any atom is 0.343 e. The van der Waals surface area contributed by atoms with Crippen LogP contribution in [0.1, 0.15) is 12.0 Å². The first kappa shape index (κ1) is 14.0. The first-order valence-corrected chi connectivity index (χ1v) is 5.51. The number of ether oxygens (including phenoxy) is 3. The maximum atomic E-state index is 11.1. The molecule has 0 aliphatic heterocycles. The molecule has 0 spiro atoms. The van der Waals surface area contributed by atoms with Gasteiger partial charge in [-0.2, -0.15) is 0 Å². The number of methoxy groups -OCH3 is 2. The molecule has 5 nitrogen and oxygen atoms in total. The first-order valence-electron chi connectivity index (χ1n) is 5.51. The first-order chi connectivity index (χ1) is 8.67. The number of hydrogen-bond donors (Lipinski definition) is 0. The highest BCUT2D eigenvalue weighted by Gasteiger charge is 2.08. The van der Waals surface area contributed by atoms with Crippen molar-refractivity contribution >= 4 is 11.9 Å². The molecule has 18 heavy (non-hydrogen) atoms. The Kier molecular flexibility index (Phi) is 5.70. The van der Waals surface area contributed by atoms with Crippen molar-refractivity contribution < 1.29 is 23.8 Å². The van der Waals surface area contributed by atoms with E-state index in [0.717, 1.165) is 5.56 Å². The Morgan fingerprint density at radius 1 is 1.06 bits per heavy atom. The summed E-state index contributed by atoms with van der Waals surface area (Å²) in [6.45, 7) is -0.147. The van der Waals surface area contributed by atoms with Crippen LogP contribution in [-0.2, 0) is 25.5 Å². The molecule has 1 aromatic rings.